The third-order valence-corrected chi connectivity index (χ3v) is 3.39. The molecule has 1 heterocycles. The number of aromatic nitrogens is 1. The maximum Gasteiger partial charge on any atom is 0.128 e. The summed E-state index contributed by atoms with van der Waals surface area (Å²) in [6, 6.07) is 5.73. The molecule has 0 bridgehead atoms. The average molecular weight is 219 g/mol. The average Bonchev–Trinajstić information content (AvgIpc) is 2.27. The molecule has 2 rings (SSSR count). The molecule has 1 fully saturated rings. The maximum atomic E-state index is 5.64. The minimum atomic E-state index is 0.585. The molecule has 3 N–H and O–H groups in total. The number of pyridine rings is 1. The van der Waals surface area contributed by atoms with E-state index in [0.29, 0.717) is 5.82 Å². The van der Waals surface area contributed by atoms with Crippen LogP contribution in [0, 0.1) is 11.8 Å². The first-order chi connectivity index (χ1) is 7.74. The van der Waals surface area contributed by atoms with Gasteiger partial charge in [0.05, 0.1) is 0 Å². The molecule has 3 heteroatoms. The summed E-state index contributed by atoms with van der Waals surface area (Å²) in [5, 5.41) is 3.38. The van der Waals surface area contributed by atoms with E-state index in [4.69, 9.17) is 5.73 Å². The molecule has 1 aliphatic rings. The molecule has 88 valence electrons. The van der Waals surface area contributed by atoms with Gasteiger partial charge in [-0.2, -0.15) is 0 Å². The first kappa shape index (κ1) is 11.2. The third kappa shape index (κ3) is 3.12. The van der Waals surface area contributed by atoms with Crippen LogP contribution in [-0.4, -0.2) is 11.5 Å². The van der Waals surface area contributed by atoms with Crippen LogP contribution >= 0.6 is 0 Å². The Bertz CT molecular complexity index is 338. The number of hydrogen-bond acceptors (Lipinski definition) is 3. The van der Waals surface area contributed by atoms with Crippen LogP contribution in [0.2, 0.25) is 0 Å². The standard InChI is InChI=1S/C13H21N3/c1-10-4-2-5-11(8-10)9-15-13-7-3-6-12(14)16-13/h3,6-7,10-11H,2,4-5,8-9H2,1H3,(H3,14,15,16). The van der Waals surface area contributed by atoms with E-state index in [9.17, 15) is 0 Å². The van der Waals surface area contributed by atoms with E-state index >= 15 is 0 Å². The van der Waals surface area contributed by atoms with Crippen molar-refractivity contribution in [2.45, 2.75) is 32.6 Å². The number of rotatable bonds is 3. The van der Waals surface area contributed by atoms with Gasteiger partial charge in [-0.3, -0.25) is 0 Å². The van der Waals surface area contributed by atoms with E-state index in [2.05, 4.69) is 17.2 Å². The third-order valence-electron chi connectivity index (χ3n) is 3.39. The SMILES string of the molecule is CC1CCCC(CNc2cccc(N)n2)C1. The first-order valence-corrected chi connectivity index (χ1v) is 6.20. The summed E-state index contributed by atoms with van der Waals surface area (Å²) in [5.41, 5.74) is 5.64. The molecule has 3 nitrogen and oxygen atoms in total. The Balaban J connectivity index is 1.82. The van der Waals surface area contributed by atoms with Crippen molar-refractivity contribution in [3.05, 3.63) is 18.2 Å². The second kappa shape index (κ2) is 5.19. The quantitative estimate of drug-likeness (QED) is 0.821. The number of nitrogens with zero attached hydrogens (tertiary/aromatic N) is 1. The fraction of sp³-hybridized carbons (Fsp3) is 0.615. The van der Waals surface area contributed by atoms with Gasteiger partial charge in [-0.1, -0.05) is 25.8 Å². The number of nitrogens with one attached hydrogen (secondary N) is 1. The van der Waals surface area contributed by atoms with Crippen LogP contribution in [-0.2, 0) is 0 Å². The molecule has 2 unspecified atom stereocenters. The molecule has 0 amide bonds. The van der Waals surface area contributed by atoms with Crippen LogP contribution in [0.1, 0.15) is 32.6 Å². The van der Waals surface area contributed by atoms with E-state index in [1.54, 1.807) is 0 Å². The molecule has 2 atom stereocenters. The van der Waals surface area contributed by atoms with Gasteiger partial charge < -0.3 is 11.1 Å². The van der Waals surface area contributed by atoms with Crippen molar-refractivity contribution < 1.29 is 0 Å². The van der Waals surface area contributed by atoms with Crippen LogP contribution in [0.5, 0.6) is 0 Å². The van der Waals surface area contributed by atoms with Gasteiger partial charge in [0.25, 0.3) is 0 Å². The van der Waals surface area contributed by atoms with Gasteiger partial charge in [-0.25, -0.2) is 4.98 Å². The lowest BCUT2D eigenvalue weighted by atomic mass is 9.82. The van der Waals surface area contributed by atoms with Crippen LogP contribution < -0.4 is 11.1 Å². The van der Waals surface area contributed by atoms with Gasteiger partial charge in [0.1, 0.15) is 11.6 Å². The van der Waals surface area contributed by atoms with Gasteiger partial charge in [0.15, 0.2) is 0 Å². The minimum Gasteiger partial charge on any atom is -0.384 e. The summed E-state index contributed by atoms with van der Waals surface area (Å²) in [6.45, 7) is 3.38. The highest BCUT2D eigenvalue weighted by Crippen LogP contribution is 2.28. The Morgan fingerprint density at radius 2 is 2.31 bits per heavy atom. The van der Waals surface area contributed by atoms with Crippen molar-refractivity contribution in [1.82, 2.24) is 4.98 Å². The molecular formula is C13H21N3. The lowest BCUT2D eigenvalue weighted by Crippen LogP contribution is -2.21. The number of nitrogens with two attached hydrogens (primary N) is 1. The zero-order valence-corrected chi connectivity index (χ0v) is 9.95. The Morgan fingerprint density at radius 1 is 1.44 bits per heavy atom. The van der Waals surface area contributed by atoms with Crippen molar-refractivity contribution >= 4 is 11.6 Å². The molecule has 0 radical (unpaired) electrons. The highest BCUT2D eigenvalue weighted by Gasteiger charge is 2.18. The predicted molar refractivity (Wildman–Crippen MR) is 68.3 cm³/mol. The van der Waals surface area contributed by atoms with Gasteiger partial charge in [-0.05, 0) is 36.8 Å². The summed E-state index contributed by atoms with van der Waals surface area (Å²) >= 11 is 0. The molecule has 1 aromatic heterocycles. The molecule has 1 aromatic rings. The van der Waals surface area contributed by atoms with Crippen LogP contribution in [0.4, 0.5) is 11.6 Å². The largest absolute Gasteiger partial charge is 0.384 e. The summed E-state index contributed by atoms with van der Waals surface area (Å²) < 4.78 is 0. The van der Waals surface area contributed by atoms with Crippen LogP contribution in [0.15, 0.2) is 18.2 Å². The van der Waals surface area contributed by atoms with E-state index in [1.165, 1.54) is 25.7 Å². The fourth-order valence-corrected chi connectivity index (χ4v) is 2.54. The van der Waals surface area contributed by atoms with Gasteiger partial charge in [0, 0.05) is 6.54 Å². The molecule has 0 saturated heterocycles. The zero-order chi connectivity index (χ0) is 11.4. The second-order valence-electron chi connectivity index (χ2n) is 4.97. The van der Waals surface area contributed by atoms with Crippen LogP contribution in [0.25, 0.3) is 0 Å². The monoisotopic (exact) mass is 219 g/mol. The normalized spacial score (nSPS) is 25.3. The van der Waals surface area contributed by atoms with Crippen molar-refractivity contribution in [2.24, 2.45) is 11.8 Å². The molecule has 0 aromatic carbocycles. The van der Waals surface area contributed by atoms with Crippen LogP contribution in [0.3, 0.4) is 0 Å². The zero-order valence-electron chi connectivity index (χ0n) is 9.95. The number of nitrogen functional groups attached to an aromatic ring is 1. The Hall–Kier alpha value is -1.25. The summed E-state index contributed by atoms with van der Waals surface area (Å²) in [4.78, 5) is 4.24. The number of hydrogen-bond donors (Lipinski definition) is 2. The van der Waals surface area contributed by atoms with E-state index in [0.717, 1.165) is 24.2 Å². The lowest BCUT2D eigenvalue weighted by molar-refractivity contribution is 0.293. The smallest absolute Gasteiger partial charge is 0.128 e. The summed E-state index contributed by atoms with van der Waals surface area (Å²) in [6.07, 6.45) is 5.46. The predicted octanol–water partition coefficient (Wildman–Crippen LogP) is 2.90. The van der Waals surface area contributed by atoms with Gasteiger partial charge in [-0.15, -0.1) is 0 Å². The second-order valence-corrected chi connectivity index (χ2v) is 4.97. The molecule has 16 heavy (non-hydrogen) atoms. The first-order valence-electron chi connectivity index (χ1n) is 6.20. The Kier molecular flexibility index (Phi) is 3.65. The van der Waals surface area contributed by atoms with E-state index in [-0.39, 0.29) is 0 Å². The summed E-state index contributed by atoms with van der Waals surface area (Å²) in [7, 11) is 0. The minimum absolute atomic E-state index is 0.585. The van der Waals surface area contributed by atoms with Crippen molar-refractivity contribution in [1.29, 1.82) is 0 Å². The molecular weight excluding hydrogens is 198 g/mol. The molecule has 1 saturated carbocycles. The van der Waals surface area contributed by atoms with Gasteiger partial charge >= 0.3 is 0 Å². The molecule has 1 aliphatic carbocycles. The molecule has 0 aliphatic heterocycles. The maximum absolute atomic E-state index is 5.64. The summed E-state index contributed by atoms with van der Waals surface area (Å²) in [5.74, 6) is 3.17. The Labute approximate surface area is 97.5 Å². The van der Waals surface area contributed by atoms with Gasteiger partial charge in [0.2, 0.25) is 0 Å². The van der Waals surface area contributed by atoms with E-state index < -0.39 is 0 Å². The van der Waals surface area contributed by atoms with Crippen molar-refractivity contribution in [3.8, 4) is 0 Å². The fourth-order valence-electron chi connectivity index (χ4n) is 2.54. The lowest BCUT2D eigenvalue weighted by Gasteiger charge is -2.26. The number of anilines is 2. The topological polar surface area (TPSA) is 50.9 Å². The Morgan fingerprint density at radius 3 is 3.06 bits per heavy atom. The van der Waals surface area contributed by atoms with Crippen molar-refractivity contribution in [2.75, 3.05) is 17.6 Å². The van der Waals surface area contributed by atoms with Crippen molar-refractivity contribution in [3.63, 3.8) is 0 Å². The van der Waals surface area contributed by atoms with E-state index in [1.807, 2.05) is 18.2 Å². The highest BCUT2D eigenvalue weighted by molar-refractivity contribution is 5.42. The molecule has 0 spiro atoms. The highest BCUT2D eigenvalue weighted by atomic mass is 15.0.